The van der Waals surface area contributed by atoms with E-state index < -0.39 is 5.82 Å². The minimum Gasteiger partial charge on any atom is -0.490 e. The number of benzene rings is 2. The van der Waals surface area contributed by atoms with E-state index in [9.17, 15) is 9.18 Å². The molecule has 10 heteroatoms. The van der Waals surface area contributed by atoms with Crippen molar-refractivity contribution in [2.45, 2.75) is 44.2 Å². The number of nitrogens with one attached hydrogen (secondary N) is 1. The van der Waals surface area contributed by atoms with E-state index in [1.165, 1.54) is 18.5 Å². The Balaban J connectivity index is 1.33. The first-order valence-electron chi connectivity index (χ1n) is 12.1. The van der Waals surface area contributed by atoms with Gasteiger partial charge in [0.2, 0.25) is 0 Å². The Labute approximate surface area is 213 Å². The molecule has 0 bridgehead atoms. The summed E-state index contributed by atoms with van der Waals surface area (Å²) in [6, 6.07) is 8.28. The van der Waals surface area contributed by atoms with Gasteiger partial charge >= 0.3 is 5.97 Å². The molecule has 1 aliphatic carbocycles. The average molecular weight is 515 g/mol. The van der Waals surface area contributed by atoms with Crippen molar-refractivity contribution in [1.82, 2.24) is 14.9 Å². The van der Waals surface area contributed by atoms with Crippen LogP contribution >= 0.6 is 11.6 Å². The van der Waals surface area contributed by atoms with Gasteiger partial charge in [0.15, 0.2) is 11.5 Å². The predicted molar refractivity (Wildman–Crippen MR) is 135 cm³/mol. The van der Waals surface area contributed by atoms with Crippen LogP contribution in [0, 0.1) is 5.82 Å². The van der Waals surface area contributed by atoms with Crippen LogP contribution in [-0.4, -0.2) is 59.8 Å². The van der Waals surface area contributed by atoms with E-state index >= 15 is 0 Å². The van der Waals surface area contributed by atoms with E-state index in [0.717, 1.165) is 37.6 Å². The smallest absolute Gasteiger partial charge is 0.307 e. The Bertz CT molecular complexity index is 1260. The monoisotopic (exact) mass is 514 g/mol. The van der Waals surface area contributed by atoms with Crippen LogP contribution in [-0.2, 0) is 9.53 Å². The Hall–Kier alpha value is -3.17. The first-order chi connectivity index (χ1) is 17.5. The van der Waals surface area contributed by atoms with Crippen LogP contribution in [0.25, 0.3) is 10.9 Å². The van der Waals surface area contributed by atoms with Crippen molar-refractivity contribution >= 4 is 40.0 Å². The molecule has 2 aliphatic rings. The molecule has 2 aromatic carbocycles. The highest BCUT2D eigenvalue weighted by Crippen LogP contribution is 2.38. The lowest BCUT2D eigenvalue weighted by Gasteiger charge is -2.27. The summed E-state index contributed by atoms with van der Waals surface area (Å²) in [5, 5.41) is 3.97. The number of likely N-dealkylation sites (N-methyl/N-ethyl adjacent to an activating group) is 1. The molecule has 8 nitrogen and oxygen atoms in total. The van der Waals surface area contributed by atoms with Crippen molar-refractivity contribution < 1.29 is 23.4 Å². The summed E-state index contributed by atoms with van der Waals surface area (Å²) < 4.78 is 31.1. The van der Waals surface area contributed by atoms with Crippen LogP contribution in [0.4, 0.5) is 15.9 Å². The molecule has 1 aromatic heterocycles. The van der Waals surface area contributed by atoms with Gasteiger partial charge in [0, 0.05) is 23.7 Å². The SMILES string of the molecule is CN(CCCOc1cc2c(Nc3ccc(F)c(Cl)c3)ncnc2cc1OC1CCC1)C1COC(=O)C1. The maximum atomic E-state index is 13.6. The molecule has 1 N–H and O–H groups in total. The number of hydrogen-bond acceptors (Lipinski definition) is 8. The molecular formula is C26H28ClFN4O4. The second-order valence-electron chi connectivity index (χ2n) is 9.19. The summed E-state index contributed by atoms with van der Waals surface area (Å²) in [4.78, 5) is 22.3. The summed E-state index contributed by atoms with van der Waals surface area (Å²) >= 11 is 5.94. The number of esters is 1. The molecule has 1 aliphatic heterocycles. The minimum atomic E-state index is -0.485. The minimum absolute atomic E-state index is 0.0251. The summed E-state index contributed by atoms with van der Waals surface area (Å²) in [5.74, 6) is 1.19. The number of aromatic nitrogens is 2. The lowest BCUT2D eigenvalue weighted by atomic mass is 9.96. The van der Waals surface area contributed by atoms with Gasteiger partial charge in [-0.05, 0) is 57.0 Å². The molecule has 5 rings (SSSR count). The fourth-order valence-electron chi connectivity index (χ4n) is 4.21. The highest BCUT2D eigenvalue weighted by Gasteiger charge is 2.27. The maximum Gasteiger partial charge on any atom is 0.307 e. The number of nitrogens with zero attached hydrogens (tertiary/aromatic N) is 3. The van der Waals surface area contributed by atoms with E-state index in [-0.39, 0.29) is 23.1 Å². The number of anilines is 2. The van der Waals surface area contributed by atoms with Crippen molar-refractivity contribution in [1.29, 1.82) is 0 Å². The molecule has 36 heavy (non-hydrogen) atoms. The van der Waals surface area contributed by atoms with Crippen LogP contribution in [0.2, 0.25) is 5.02 Å². The highest BCUT2D eigenvalue weighted by atomic mass is 35.5. The van der Waals surface area contributed by atoms with Crippen LogP contribution < -0.4 is 14.8 Å². The summed E-state index contributed by atoms with van der Waals surface area (Å²) in [6.45, 7) is 1.69. The van der Waals surface area contributed by atoms with Crippen molar-refractivity contribution in [3.8, 4) is 11.5 Å². The number of fused-ring (bicyclic) bond motifs is 1. The first-order valence-corrected chi connectivity index (χ1v) is 12.5. The number of ether oxygens (including phenoxy) is 3. The van der Waals surface area contributed by atoms with Gasteiger partial charge in [-0.15, -0.1) is 0 Å². The number of halogens is 2. The van der Waals surface area contributed by atoms with Gasteiger partial charge in [0.25, 0.3) is 0 Å². The molecule has 190 valence electrons. The topological polar surface area (TPSA) is 85.8 Å². The molecule has 1 saturated carbocycles. The Morgan fingerprint density at radius 3 is 2.81 bits per heavy atom. The number of cyclic esters (lactones) is 1. The zero-order chi connectivity index (χ0) is 25.1. The summed E-state index contributed by atoms with van der Waals surface area (Å²) in [6.07, 6.45) is 6.04. The molecular weight excluding hydrogens is 487 g/mol. The van der Waals surface area contributed by atoms with E-state index in [1.807, 2.05) is 19.2 Å². The Morgan fingerprint density at radius 1 is 1.22 bits per heavy atom. The van der Waals surface area contributed by atoms with Gasteiger partial charge in [0.1, 0.15) is 24.6 Å². The van der Waals surface area contributed by atoms with Crippen molar-refractivity contribution in [2.75, 3.05) is 32.1 Å². The standard InChI is InChI=1S/C26H28ClFN4O4/c1-32(17-11-25(33)35-14-17)8-3-9-34-23-12-19-22(13-24(23)36-18-4-2-5-18)29-15-30-26(19)31-16-6-7-21(28)20(27)10-16/h6-7,10,12-13,15,17-18H,2-5,8-9,11,14H2,1H3,(H,29,30,31). The maximum absolute atomic E-state index is 13.6. The average Bonchev–Trinajstić information content (AvgIpc) is 3.28. The van der Waals surface area contributed by atoms with Gasteiger partial charge in [-0.25, -0.2) is 14.4 Å². The molecule has 1 saturated heterocycles. The molecule has 1 unspecified atom stereocenters. The van der Waals surface area contributed by atoms with Gasteiger partial charge in [-0.2, -0.15) is 0 Å². The van der Waals surface area contributed by atoms with Crippen LogP contribution in [0.15, 0.2) is 36.7 Å². The summed E-state index contributed by atoms with van der Waals surface area (Å²) in [7, 11) is 1.99. The van der Waals surface area contributed by atoms with E-state index in [2.05, 4.69) is 20.2 Å². The van der Waals surface area contributed by atoms with E-state index in [0.29, 0.717) is 48.2 Å². The lowest BCUT2D eigenvalue weighted by Crippen LogP contribution is -2.33. The normalized spacial score (nSPS) is 17.8. The van der Waals surface area contributed by atoms with Crippen LogP contribution in [0.1, 0.15) is 32.1 Å². The fourth-order valence-corrected chi connectivity index (χ4v) is 4.39. The highest BCUT2D eigenvalue weighted by molar-refractivity contribution is 6.31. The lowest BCUT2D eigenvalue weighted by molar-refractivity contribution is -0.137. The number of hydrogen-bond donors (Lipinski definition) is 1. The number of carbonyl (C=O) groups excluding carboxylic acids is 1. The zero-order valence-electron chi connectivity index (χ0n) is 20.0. The molecule has 0 amide bonds. The largest absolute Gasteiger partial charge is 0.490 e. The third-order valence-corrected chi connectivity index (χ3v) is 6.89. The molecule has 2 fully saturated rings. The predicted octanol–water partition coefficient (Wildman–Crippen LogP) is 5.11. The fraction of sp³-hybridized carbons (Fsp3) is 0.423. The Kier molecular flexibility index (Phi) is 7.38. The quantitative estimate of drug-likeness (QED) is 0.295. The third-order valence-electron chi connectivity index (χ3n) is 6.60. The van der Waals surface area contributed by atoms with Crippen molar-refractivity contribution in [3.05, 3.63) is 47.5 Å². The number of carbonyl (C=O) groups is 1. The van der Waals surface area contributed by atoms with E-state index in [4.69, 9.17) is 25.8 Å². The zero-order valence-corrected chi connectivity index (χ0v) is 20.8. The van der Waals surface area contributed by atoms with Crippen LogP contribution in [0.5, 0.6) is 11.5 Å². The Morgan fingerprint density at radius 2 is 2.08 bits per heavy atom. The van der Waals surface area contributed by atoms with Gasteiger partial charge in [0.05, 0.1) is 35.7 Å². The molecule has 3 aromatic rings. The van der Waals surface area contributed by atoms with Gasteiger partial charge in [-0.3, -0.25) is 9.69 Å². The van der Waals surface area contributed by atoms with Gasteiger partial charge < -0.3 is 19.5 Å². The van der Waals surface area contributed by atoms with Gasteiger partial charge in [-0.1, -0.05) is 11.6 Å². The van der Waals surface area contributed by atoms with Crippen molar-refractivity contribution in [3.63, 3.8) is 0 Å². The number of rotatable bonds is 10. The molecule has 0 spiro atoms. The van der Waals surface area contributed by atoms with Crippen LogP contribution in [0.3, 0.4) is 0 Å². The van der Waals surface area contributed by atoms with E-state index in [1.54, 1.807) is 6.07 Å². The molecule has 2 heterocycles. The summed E-state index contributed by atoms with van der Waals surface area (Å²) in [5.41, 5.74) is 1.31. The third kappa shape index (κ3) is 5.63. The van der Waals surface area contributed by atoms with Crippen molar-refractivity contribution in [2.24, 2.45) is 0 Å². The molecule has 1 atom stereocenters. The first kappa shape index (κ1) is 24.5. The second kappa shape index (κ2) is 10.8. The second-order valence-corrected chi connectivity index (χ2v) is 9.59. The molecule has 0 radical (unpaired) electrons.